The second-order valence-electron chi connectivity index (χ2n) is 4.04. The van der Waals surface area contributed by atoms with Crippen molar-refractivity contribution < 1.29 is 22.8 Å². The van der Waals surface area contributed by atoms with Crippen molar-refractivity contribution in [1.29, 1.82) is 0 Å². The average Bonchev–Trinajstić information content (AvgIpc) is 2.35. The van der Waals surface area contributed by atoms with Crippen LogP contribution in [0.1, 0.15) is 17.3 Å². The van der Waals surface area contributed by atoms with Crippen LogP contribution in [-0.4, -0.2) is 30.6 Å². The zero-order chi connectivity index (χ0) is 15.3. The number of hydrogen-bond donors (Lipinski definition) is 2. The molecule has 1 aromatic carbocycles. The molecule has 4 nitrogen and oxygen atoms in total. The van der Waals surface area contributed by atoms with Gasteiger partial charge >= 0.3 is 6.18 Å². The fourth-order valence-electron chi connectivity index (χ4n) is 1.29. The van der Waals surface area contributed by atoms with Gasteiger partial charge in [0.1, 0.15) is 12.6 Å². The van der Waals surface area contributed by atoms with Crippen LogP contribution < -0.4 is 10.6 Å². The van der Waals surface area contributed by atoms with Gasteiger partial charge in [-0.3, -0.25) is 9.59 Å². The van der Waals surface area contributed by atoms with Crippen molar-refractivity contribution in [3.8, 4) is 0 Å². The molecule has 1 aromatic rings. The van der Waals surface area contributed by atoms with Crippen molar-refractivity contribution in [2.45, 2.75) is 19.1 Å². The monoisotopic (exact) mass is 308 g/mol. The molecule has 20 heavy (non-hydrogen) atoms. The molecule has 0 bridgehead atoms. The zero-order valence-corrected chi connectivity index (χ0v) is 11.2. The van der Waals surface area contributed by atoms with E-state index >= 15 is 0 Å². The molecule has 0 saturated heterocycles. The molecule has 110 valence electrons. The highest BCUT2D eigenvalue weighted by Gasteiger charge is 2.29. The van der Waals surface area contributed by atoms with Gasteiger partial charge in [-0.25, -0.2) is 0 Å². The Morgan fingerprint density at radius 2 is 1.80 bits per heavy atom. The summed E-state index contributed by atoms with van der Waals surface area (Å²) in [5.41, 5.74) is 0.255. The van der Waals surface area contributed by atoms with Crippen LogP contribution in [0.15, 0.2) is 24.3 Å². The summed E-state index contributed by atoms with van der Waals surface area (Å²) in [4.78, 5) is 23.1. The fourth-order valence-corrected chi connectivity index (χ4v) is 1.41. The number of amides is 2. The quantitative estimate of drug-likeness (QED) is 0.895. The van der Waals surface area contributed by atoms with Gasteiger partial charge in [-0.2, -0.15) is 13.2 Å². The molecule has 0 aromatic heterocycles. The predicted octanol–water partition coefficient (Wildman–Crippen LogP) is 2.14. The summed E-state index contributed by atoms with van der Waals surface area (Å²) in [6.07, 6.45) is -4.49. The molecular formula is C12H12ClF3N2O2. The highest BCUT2D eigenvalue weighted by Crippen LogP contribution is 2.12. The summed E-state index contributed by atoms with van der Waals surface area (Å²) in [6.45, 7) is -0.146. The lowest BCUT2D eigenvalue weighted by Gasteiger charge is -2.15. The van der Waals surface area contributed by atoms with E-state index in [2.05, 4.69) is 5.32 Å². The second kappa shape index (κ2) is 6.60. The number of hydrogen-bond acceptors (Lipinski definition) is 2. The van der Waals surface area contributed by atoms with Crippen molar-refractivity contribution in [2.24, 2.45) is 0 Å². The molecule has 0 heterocycles. The summed E-state index contributed by atoms with van der Waals surface area (Å²) in [6, 6.07) is 4.78. The smallest absolute Gasteiger partial charge is 0.345 e. The van der Waals surface area contributed by atoms with Crippen LogP contribution >= 0.6 is 11.6 Å². The molecule has 0 aliphatic carbocycles. The van der Waals surface area contributed by atoms with Crippen molar-refractivity contribution in [3.63, 3.8) is 0 Å². The number of rotatable bonds is 4. The first-order valence-corrected chi connectivity index (χ1v) is 5.98. The molecule has 8 heteroatoms. The van der Waals surface area contributed by atoms with Crippen LogP contribution in [0.2, 0.25) is 5.02 Å². The number of alkyl halides is 3. The molecule has 1 unspecified atom stereocenters. The second-order valence-corrected chi connectivity index (χ2v) is 4.47. The SMILES string of the molecule is CC(NC(=O)c1ccc(Cl)cc1)C(=O)NCC(F)(F)F. The predicted molar refractivity (Wildman–Crippen MR) is 67.4 cm³/mol. The normalized spacial score (nSPS) is 12.7. The van der Waals surface area contributed by atoms with Gasteiger partial charge < -0.3 is 10.6 Å². The lowest BCUT2D eigenvalue weighted by atomic mass is 10.2. The van der Waals surface area contributed by atoms with Gasteiger partial charge in [-0.1, -0.05) is 11.6 Å². The Morgan fingerprint density at radius 1 is 1.25 bits per heavy atom. The molecule has 0 saturated carbocycles. The topological polar surface area (TPSA) is 58.2 Å². The molecule has 1 rings (SSSR count). The van der Waals surface area contributed by atoms with Crippen molar-refractivity contribution >= 4 is 23.4 Å². The summed E-state index contributed by atoms with van der Waals surface area (Å²) in [5, 5.41) is 4.42. The minimum absolute atomic E-state index is 0.255. The number of nitrogens with one attached hydrogen (secondary N) is 2. The first kappa shape index (κ1) is 16.3. The number of halogens is 4. The zero-order valence-electron chi connectivity index (χ0n) is 10.4. The van der Waals surface area contributed by atoms with E-state index < -0.39 is 30.6 Å². The van der Waals surface area contributed by atoms with E-state index in [0.717, 1.165) is 0 Å². The molecule has 2 N–H and O–H groups in total. The number of carbonyl (C=O) groups excluding carboxylic acids is 2. The Labute approximate surface area is 118 Å². The molecule has 0 aliphatic rings. The van der Waals surface area contributed by atoms with E-state index in [1.165, 1.54) is 31.2 Å². The van der Waals surface area contributed by atoms with Crippen LogP contribution in [0, 0.1) is 0 Å². The third kappa shape index (κ3) is 5.48. The Kier molecular flexibility index (Phi) is 5.38. The van der Waals surface area contributed by atoms with Gasteiger partial charge in [0, 0.05) is 10.6 Å². The number of carbonyl (C=O) groups is 2. The molecule has 2 amide bonds. The molecule has 0 radical (unpaired) electrons. The van der Waals surface area contributed by atoms with Gasteiger partial charge in [0.2, 0.25) is 5.91 Å². The lowest BCUT2D eigenvalue weighted by Crippen LogP contribution is -2.47. The Hall–Kier alpha value is -1.76. The molecule has 1 atom stereocenters. The largest absolute Gasteiger partial charge is 0.405 e. The Balaban J connectivity index is 2.53. The summed E-state index contributed by atoms with van der Waals surface area (Å²) >= 11 is 5.65. The summed E-state index contributed by atoms with van der Waals surface area (Å²) in [7, 11) is 0. The van der Waals surface area contributed by atoms with Gasteiger partial charge in [0.25, 0.3) is 5.91 Å². The molecule has 0 fully saturated rings. The van der Waals surface area contributed by atoms with Crippen LogP contribution in [-0.2, 0) is 4.79 Å². The van der Waals surface area contributed by atoms with Crippen LogP contribution in [0.3, 0.4) is 0 Å². The third-order valence-electron chi connectivity index (χ3n) is 2.31. The van der Waals surface area contributed by atoms with Crippen LogP contribution in [0.5, 0.6) is 0 Å². The minimum atomic E-state index is -4.49. The Morgan fingerprint density at radius 3 is 2.30 bits per heavy atom. The van der Waals surface area contributed by atoms with E-state index in [1.54, 1.807) is 5.32 Å². The van der Waals surface area contributed by atoms with Gasteiger partial charge in [-0.05, 0) is 31.2 Å². The highest BCUT2D eigenvalue weighted by atomic mass is 35.5. The van der Waals surface area contributed by atoms with E-state index in [1.807, 2.05) is 0 Å². The van der Waals surface area contributed by atoms with Crippen molar-refractivity contribution in [3.05, 3.63) is 34.9 Å². The maximum Gasteiger partial charge on any atom is 0.405 e. The summed E-state index contributed by atoms with van der Waals surface area (Å²) < 4.78 is 35.8. The van der Waals surface area contributed by atoms with Gasteiger partial charge in [0.05, 0.1) is 0 Å². The van der Waals surface area contributed by atoms with E-state index in [-0.39, 0.29) is 5.56 Å². The van der Waals surface area contributed by atoms with Crippen LogP contribution in [0.25, 0.3) is 0 Å². The average molecular weight is 309 g/mol. The van der Waals surface area contributed by atoms with Crippen molar-refractivity contribution in [2.75, 3.05) is 6.54 Å². The fraction of sp³-hybridized carbons (Fsp3) is 0.333. The third-order valence-corrected chi connectivity index (χ3v) is 2.56. The minimum Gasteiger partial charge on any atom is -0.345 e. The lowest BCUT2D eigenvalue weighted by molar-refractivity contribution is -0.139. The van der Waals surface area contributed by atoms with Gasteiger partial charge in [-0.15, -0.1) is 0 Å². The van der Waals surface area contributed by atoms with E-state index in [4.69, 9.17) is 11.6 Å². The first-order chi connectivity index (χ1) is 9.19. The maximum absolute atomic E-state index is 11.9. The molecular weight excluding hydrogens is 297 g/mol. The standard InChI is InChI=1S/C12H12ClF3N2O2/c1-7(10(19)17-6-12(14,15)16)18-11(20)8-2-4-9(13)5-3-8/h2-5,7H,6H2,1H3,(H,17,19)(H,18,20). The maximum atomic E-state index is 11.9. The van der Waals surface area contributed by atoms with Crippen LogP contribution in [0.4, 0.5) is 13.2 Å². The summed E-state index contributed by atoms with van der Waals surface area (Å²) in [5.74, 6) is -1.49. The first-order valence-electron chi connectivity index (χ1n) is 5.60. The molecule has 0 spiro atoms. The number of benzene rings is 1. The molecule has 0 aliphatic heterocycles. The van der Waals surface area contributed by atoms with E-state index in [0.29, 0.717) is 5.02 Å². The highest BCUT2D eigenvalue weighted by molar-refractivity contribution is 6.30. The Bertz CT molecular complexity index is 488. The van der Waals surface area contributed by atoms with Gasteiger partial charge in [0.15, 0.2) is 0 Å². The van der Waals surface area contributed by atoms with E-state index in [9.17, 15) is 22.8 Å². The van der Waals surface area contributed by atoms with Crippen molar-refractivity contribution in [1.82, 2.24) is 10.6 Å².